The number of aryl methyl sites for hydroxylation is 1. The molecule has 1 saturated carbocycles. The normalized spacial score (nSPS) is 30.9. The quantitative estimate of drug-likeness (QED) is 0.848. The molecule has 1 heterocycles. The second-order valence-electron chi connectivity index (χ2n) is 5.49. The first-order valence-electron chi connectivity index (χ1n) is 6.65. The average Bonchev–Trinajstić information content (AvgIpc) is 2.96. The molecule has 0 aromatic heterocycles. The van der Waals surface area contributed by atoms with Gasteiger partial charge < -0.3 is 4.74 Å². The molecular formula is C14H19NO3S. The number of hydrogen-bond acceptors (Lipinski definition) is 3. The predicted octanol–water partition coefficient (Wildman–Crippen LogP) is 1.79. The SMILES string of the molecule is CO[C@H]1[C@H]2CC[C@H]1N(S(=O)(=O)c1ccc(C)cc1)C2. The summed E-state index contributed by atoms with van der Waals surface area (Å²) in [6.45, 7) is 2.55. The van der Waals surface area contributed by atoms with Crippen molar-refractivity contribution in [1.29, 1.82) is 0 Å². The molecule has 1 aliphatic carbocycles. The van der Waals surface area contributed by atoms with E-state index in [4.69, 9.17) is 4.74 Å². The molecule has 3 atom stereocenters. The summed E-state index contributed by atoms with van der Waals surface area (Å²) in [4.78, 5) is 0.389. The zero-order valence-corrected chi connectivity index (χ0v) is 12.1. The zero-order chi connectivity index (χ0) is 13.6. The van der Waals surface area contributed by atoms with Crippen LogP contribution in [-0.4, -0.2) is 38.5 Å². The molecule has 5 heteroatoms. The third-order valence-corrected chi connectivity index (χ3v) is 6.27. The number of hydrogen-bond donors (Lipinski definition) is 0. The lowest BCUT2D eigenvalue weighted by atomic mass is 10.1. The van der Waals surface area contributed by atoms with Crippen LogP contribution >= 0.6 is 0 Å². The summed E-state index contributed by atoms with van der Waals surface area (Å²) in [6, 6.07) is 7.09. The van der Waals surface area contributed by atoms with Crippen LogP contribution in [0.4, 0.5) is 0 Å². The molecule has 0 amide bonds. The summed E-state index contributed by atoms with van der Waals surface area (Å²) in [5.74, 6) is 0.357. The van der Waals surface area contributed by atoms with Crippen molar-refractivity contribution in [3.05, 3.63) is 29.8 Å². The molecule has 0 radical (unpaired) electrons. The van der Waals surface area contributed by atoms with Gasteiger partial charge in [-0.3, -0.25) is 0 Å². The third kappa shape index (κ3) is 2.00. The number of rotatable bonds is 3. The van der Waals surface area contributed by atoms with Crippen LogP contribution < -0.4 is 0 Å². The molecule has 4 nitrogen and oxygen atoms in total. The number of piperidine rings is 1. The van der Waals surface area contributed by atoms with Gasteiger partial charge in [0.2, 0.25) is 10.0 Å². The fourth-order valence-corrected chi connectivity index (χ4v) is 5.09. The highest BCUT2D eigenvalue weighted by Gasteiger charge is 2.51. The Morgan fingerprint density at radius 3 is 2.47 bits per heavy atom. The lowest BCUT2D eigenvalue weighted by Crippen LogP contribution is -2.39. The molecule has 1 saturated heterocycles. The van der Waals surface area contributed by atoms with Crippen molar-refractivity contribution >= 4 is 10.0 Å². The van der Waals surface area contributed by atoms with Gasteiger partial charge >= 0.3 is 0 Å². The Kier molecular flexibility index (Phi) is 3.15. The van der Waals surface area contributed by atoms with Gasteiger partial charge in [0.15, 0.2) is 0 Å². The maximum Gasteiger partial charge on any atom is 0.243 e. The van der Waals surface area contributed by atoms with Crippen molar-refractivity contribution < 1.29 is 13.2 Å². The summed E-state index contributed by atoms with van der Waals surface area (Å²) < 4.78 is 32.4. The van der Waals surface area contributed by atoms with E-state index < -0.39 is 10.0 Å². The number of ether oxygens (including phenoxy) is 1. The average molecular weight is 281 g/mol. The molecule has 2 fully saturated rings. The third-order valence-electron chi connectivity index (χ3n) is 4.36. The lowest BCUT2D eigenvalue weighted by molar-refractivity contribution is 0.0786. The first kappa shape index (κ1) is 13.1. The first-order valence-corrected chi connectivity index (χ1v) is 8.09. The van der Waals surface area contributed by atoms with Crippen LogP contribution in [0.15, 0.2) is 29.2 Å². The smallest absolute Gasteiger partial charge is 0.243 e. The first-order chi connectivity index (χ1) is 9.04. The van der Waals surface area contributed by atoms with E-state index in [1.807, 2.05) is 19.1 Å². The molecule has 0 unspecified atom stereocenters. The van der Waals surface area contributed by atoms with Crippen molar-refractivity contribution in [2.75, 3.05) is 13.7 Å². The topological polar surface area (TPSA) is 46.6 Å². The van der Waals surface area contributed by atoms with Crippen LogP contribution in [0, 0.1) is 12.8 Å². The fourth-order valence-electron chi connectivity index (χ4n) is 3.37. The van der Waals surface area contributed by atoms with Gasteiger partial charge in [-0.15, -0.1) is 0 Å². The van der Waals surface area contributed by atoms with Gasteiger partial charge in [0.1, 0.15) is 0 Å². The minimum absolute atomic E-state index is 0.0151. The highest BCUT2D eigenvalue weighted by molar-refractivity contribution is 7.89. The molecule has 1 aromatic rings. The van der Waals surface area contributed by atoms with Gasteiger partial charge in [-0.1, -0.05) is 17.7 Å². The van der Waals surface area contributed by atoms with Gasteiger partial charge in [0.05, 0.1) is 17.0 Å². The fraction of sp³-hybridized carbons (Fsp3) is 0.571. The molecule has 104 valence electrons. The van der Waals surface area contributed by atoms with Crippen molar-refractivity contribution in [3.8, 4) is 0 Å². The van der Waals surface area contributed by atoms with Crippen LogP contribution in [0.3, 0.4) is 0 Å². The Morgan fingerprint density at radius 1 is 1.21 bits per heavy atom. The monoisotopic (exact) mass is 281 g/mol. The standard InChI is InChI=1S/C14H19NO3S/c1-10-3-6-12(7-4-10)19(16,17)15-9-11-5-8-13(15)14(11)18-2/h3-4,6-7,11,13-14H,5,8-9H2,1-2H3/t11-,13+,14-/m0/s1. The van der Waals surface area contributed by atoms with E-state index in [1.54, 1.807) is 23.5 Å². The molecule has 1 aliphatic heterocycles. The Hall–Kier alpha value is -0.910. The van der Waals surface area contributed by atoms with E-state index in [0.29, 0.717) is 17.4 Å². The van der Waals surface area contributed by atoms with Crippen LogP contribution in [0.25, 0.3) is 0 Å². The molecule has 3 rings (SSSR count). The van der Waals surface area contributed by atoms with Gasteiger partial charge in [0, 0.05) is 19.6 Å². The highest BCUT2D eigenvalue weighted by atomic mass is 32.2. The Morgan fingerprint density at radius 2 is 1.89 bits per heavy atom. The van der Waals surface area contributed by atoms with E-state index in [0.717, 1.165) is 18.4 Å². The van der Waals surface area contributed by atoms with E-state index in [9.17, 15) is 8.42 Å². The Labute approximate surface area is 114 Å². The highest BCUT2D eigenvalue weighted by Crippen LogP contribution is 2.42. The summed E-state index contributed by atoms with van der Waals surface area (Å²) in [7, 11) is -1.70. The maximum atomic E-state index is 12.7. The lowest BCUT2D eigenvalue weighted by Gasteiger charge is -2.26. The van der Waals surface area contributed by atoms with E-state index in [2.05, 4.69) is 0 Å². The number of methoxy groups -OCH3 is 1. The molecule has 0 N–H and O–H groups in total. The maximum absolute atomic E-state index is 12.7. The van der Waals surface area contributed by atoms with Crippen LogP contribution in [0.5, 0.6) is 0 Å². The van der Waals surface area contributed by atoms with Gasteiger partial charge in [0.25, 0.3) is 0 Å². The number of benzene rings is 1. The molecule has 2 aliphatic rings. The largest absolute Gasteiger partial charge is 0.379 e. The summed E-state index contributed by atoms with van der Waals surface area (Å²) in [5.41, 5.74) is 1.07. The summed E-state index contributed by atoms with van der Waals surface area (Å²) in [6.07, 6.45) is 2.05. The van der Waals surface area contributed by atoms with Crippen molar-refractivity contribution in [3.63, 3.8) is 0 Å². The second-order valence-corrected chi connectivity index (χ2v) is 7.38. The van der Waals surface area contributed by atoms with Crippen LogP contribution in [0.1, 0.15) is 18.4 Å². The Bertz CT molecular complexity index is 567. The second kappa shape index (κ2) is 4.58. The number of nitrogens with zero attached hydrogens (tertiary/aromatic N) is 1. The minimum atomic E-state index is -3.38. The number of fused-ring (bicyclic) bond motifs is 2. The minimum Gasteiger partial charge on any atom is -0.379 e. The molecule has 19 heavy (non-hydrogen) atoms. The van der Waals surface area contributed by atoms with Crippen molar-refractivity contribution in [2.45, 2.75) is 36.8 Å². The van der Waals surface area contributed by atoms with Crippen LogP contribution in [0.2, 0.25) is 0 Å². The van der Waals surface area contributed by atoms with Crippen molar-refractivity contribution in [2.24, 2.45) is 5.92 Å². The number of sulfonamides is 1. The summed E-state index contributed by atoms with van der Waals surface area (Å²) in [5, 5.41) is 0. The van der Waals surface area contributed by atoms with E-state index >= 15 is 0 Å². The van der Waals surface area contributed by atoms with Gasteiger partial charge in [-0.25, -0.2) is 8.42 Å². The van der Waals surface area contributed by atoms with Gasteiger partial charge in [-0.2, -0.15) is 4.31 Å². The molecule has 2 bridgehead atoms. The van der Waals surface area contributed by atoms with Gasteiger partial charge in [-0.05, 0) is 31.9 Å². The Balaban J connectivity index is 1.92. The molecular weight excluding hydrogens is 262 g/mol. The van der Waals surface area contributed by atoms with Crippen molar-refractivity contribution in [1.82, 2.24) is 4.31 Å². The van der Waals surface area contributed by atoms with Crippen LogP contribution in [-0.2, 0) is 14.8 Å². The van der Waals surface area contributed by atoms with E-state index in [-0.39, 0.29) is 12.1 Å². The molecule has 0 spiro atoms. The predicted molar refractivity (Wildman–Crippen MR) is 72.4 cm³/mol. The summed E-state index contributed by atoms with van der Waals surface area (Å²) >= 11 is 0. The zero-order valence-electron chi connectivity index (χ0n) is 11.2. The van der Waals surface area contributed by atoms with E-state index in [1.165, 1.54) is 0 Å². The molecule has 1 aromatic carbocycles.